The topological polar surface area (TPSA) is 78.9 Å². The molecule has 0 unspecified atom stereocenters. The third-order valence-electron chi connectivity index (χ3n) is 5.18. The summed E-state index contributed by atoms with van der Waals surface area (Å²) in [7, 11) is 1.56. The summed E-state index contributed by atoms with van der Waals surface area (Å²) in [6.07, 6.45) is 2.46. The van der Waals surface area contributed by atoms with Gasteiger partial charge in [-0.2, -0.15) is 0 Å². The van der Waals surface area contributed by atoms with Gasteiger partial charge < -0.3 is 20.1 Å². The lowest BCUT2D eigenvalue weighted by Crippen LogP contribution is -2.38. The zero-order chi connectivity index (χ0) is 16.6. The molecule has 6 nitrogen and oxygen atoms in total. The Balaban J connectivity index is 1.76. The first-order valence-electron chi connectivity index (χ1n) is 7.90. The molecule has 2 fully saturated rings. The van der Waals surface area contributed by atoms with Crippen LogP contribution in [-0.4, -0.2) is 42.2 Å². The van der Waals surface area contributed by atoms with E-state index in [1.807, 2.05) is 25.1 Å². The summed E-state index contributed by atoms with van der Waals surface area (Å²) in [4.78, 5) is 25.9. The quantitative estimate of drug-likeness (QED) is 0.898. The molecule has 0 aromatic heterocycles. The third-order valence-corrected chi connectivity index (χ3v) is 5.18. The number of ether oxygens (including phenoxy) is 1. The Hall–Kier alpha value is -2.24. The van der Waals surface area contributed by atoms with E-state index in [0.29, 0.717) is 24.4 Å². The minimum atomic E-state index is -0.775. The number of carbonyl (C=O) groups is 2. The number of carbonyl (C=O) groups excluding carboxylic acids is 1. The Morgan fingerprint density at radius 2 is 2.22 bits per heavy atom. The number of aryl methyl sites for hydroxylation is 1. The van der Waals surface area contributed by atoms with Crippen LogP contribution in [-0.2, 0) is 4.79 Å². The molecule has 1 saturated carbocycles. The summed E-state index contributed by atoms with van der Waals surface area (Å²) in [6.45, 7) is 2.73. The predicted octanol–water partition coefficient (Wildman–Crippen LogP) is 2.72. The van der Waals surface area contributed by atoms with Gasteiger partial charge in [-0.15, -0.1) is 0 Å². The van der Waals surface area contributed by atoms with Gasteiger partial charge in [0.15, 0.2) is 0 Å². The van der Waals surface area contributed by atoms with Crippen LogP contribution in [0.1, 0.15) is 24.8 Å². The second kappa shape index (κ2) is 5.76. The van der Waals surface area contributed by atoms with E-state index in [4.69, 9.17) is 4.74 Å². The molecule has 124 valence electrons. The number of aliphatic carboxylic acids is 1. The van der Waals surface area contributed by atoms with Crippen molar-refractivity contribution < 1.29 is 19.4 Å². The summed E-state index contributed by atoms with van der Waals surface area (Å²) in [5.41, 5.74) is 0.869. The summed E-state index contributed by atoms with van der Waals surface area (Å²) in [5, 5.41) is 12.5. The number of fused-ring (bicyclic) bond motifs is 1. The monoisotopic (exact) mass is 318 g/mol. The highest BCUT2D eigenvalue weighted by molar-refractivity contribution is 5.92. The number of rotatable bonds is 3. The number of methoxy groups -OCH3 is 1. The second-order valence-corrected chi connectivity index (χ2v) is 6.56. The van der Waals surface area contributed by atoms with E-state index in [0.717, 1.165) is 18.4 Å². The molecule has 2 aliphatic rings. The maximum absolute atomic E-state index is 12.6. The SMILES string of the molecule is COc1ccc(C)cc1NC(=O)N1C[C@@H]2CCC[C@@]2(C(=O)O)C1. The Bertz CT molecular complexity index is 645. The summed E-state index contributed by atoms with van der Waals surface area (Å²) < 4.78 is 5.27. The molecule has 1 aromatic rings. The van der Waals surface area contributed by atoms with Crippen molar-refractivity contribution in [1.82, 2.24) is 4.90 Å². The lowest BCUT2D eigenvalue weighted by atomic mass is 9.81. The number of benzene rings is 1. The Labute approximate surface area is 135 Å². The maximum Gasteiger partial charge on any atom is 0.321 e. The minimum absolute atomic E-state index is 0.0603. The van der Waals surface area contributed by atoms with Gasteiger partial charge >= 0.3 is 12.0 Å². The molecule has 2 amide bonds. The van der Waals surface area contributed by atoms with Crippen molar-refractivity contribution in [3.63, 3.8) is 0 Å². The first kappa shape index (κ1) is 15.6. The van der Waals surface area contributed by atoms with Crippen LogP contribution in [0.25, 0.3) is 0 Å². The zero-order valence-corrected chi connectivity index (χ0v) is 13.5. The van der Waals surface area contributed by atoms with E-state index in [1.165, 1.54) is 0 Å². The van der Waals surface area contributed by atoms with E-state index in [-0.39, 0.29) is 18.5 Å². The molecule has 1 saturated heterocycles. The number of carboxylic acids is 1. The molecule has 23 heavy (non-hydrogen) atoms. The lowest BCUT2D eigenvalue weighted by molar-refractivity contribution is -0.149. The van der Waals surface area contributed by atoms with E-state index in [1.54, 1.807) is 12.0 Å². The lowest BCUT2D eigenvalue weighted by Gasteiger charge is -2.23. The Morgan fingerprint density at radius 3 is 2.87 bits per heavy atom. The van der Waals surface area contributed by atoms with Gasteiger partial charge in [-0.05, 0) is 43.4 Å². The minimum Gasteiger partial charge on any atom is -0.495 e. The van der Waals surface area contributed by atoms with Crippen LogP contribution in [0.4, 0.5) is 10.5 Å². The molecule has 2 N–H and O–H groups in total. The highest BCUT2D eigenvalue weighted by Gasteiger charge is 2.55. The van der Waals surface area contributed by atoms with Gasteiger partial charge in [-0.25, -0.2) is 4.79 Å². The predicted molar refractivity (Wildman–Crippen MR) is 85.7 cm³/mol. The van der Waals surface area contributed by atoms with Crippen LogP contribution in [0.2, 0.25) is 0 Å². The molecule has 0 radical (unpaired) electrons. The zero-order valence-electron chi connectivity index (χ0n) is 13.5. The van der Waals surface area contributed by atoms with Gasteiger partial charge in [-0.1, -0.05) is 12.5 Å². The van der Waals surface area contributed by atoms with E-state index >= 15 is 0 Å². The molecule has 1 heterocycles. The van der Waals surface area contributed by atoms with E-state index in [2.05, 4.69) is 5.32 Å². The average Bonchev–Trinajstić information content (AvgIpc) is 3.05. The maximum atomic E-state index is 12.6. The van der Waals surface area contributed by atoms with Crippen molar-refractivity contribution in [2.45, 2.75) is 26.2 Å². The van der Waals surface area contributed by atoms with Gasteiger partial charge in [-0.3, -0.25) is 4.79 Å². The molecule has 6 heteroatoms. The van der Waals surface area contributed by atoms with Gasteiger partial charge in [0.05, 0.1) is 18.2 Å². The molecule has 1 aromatic carbocycles. The van der Waals surface area contributed by atoms with Crippen molar-refractivity contribution >= 4 is 17.7 Å². The molecule has 2 atom stereocenters. The first-order valence-corrected chi connectivity index (χ1v) is 7.90. The van der Waals surface area contributed by atoms with Crippen molar-refractivity contribution in [2.75, 3.05) is 25.5 Å². The molecule has 3 rings (SSSR count). The van der Waals surface area contributed by atoms with Gasteiger partial charge in [0.25, 0.3) is 0 Å². The van der Waals surface area contributed by atoms with Crippen LogP contribution in [0.5, 0.6) is 5.75 Å². The van der Waals surface area contributed by atoms with Crippen LogP contribution in [0.3, 0.4) is 0 Å². The van der Waals surface area contributed by atoms with Gasteiger partial charge in [0, 0.05) is 13.1 Å². The number of amides is 2. The standard InChI is InChI=1S/C17H22N2O4/c1-11-5-6-14(23-2)13(8-11)18-16(22)19-9-12-4-3-7-17(12,10-19)15(20)21/h5-6,8,12H,3-4,7,9-10H2,1-2H3,(H,18,22)(H,20,21)/t12-,17+/m0/s1. The number of nitrogens with one attached hydrogen (secondary N) is 1. The number of carboxylic acid groups (broad SMARTS) is 1. The summed E-state index contributed by atoms with van der Waals surface area (Å²) >= 11 is 0. The number of likely N-dealkylation sites (tertiary alicyclic amines) is 1. The number of hydrogen-bond acceptors (Lipinski definition) is 3. The Morgan fingerprint density at radius 1 is 1.43 bits per heavy atom. The number of anilines is 1. The Kier molecular flexibility index (Phi) is 3.92. The normalized spacial score (nSPS) is 26.0. The molecular formula is C17H22N2O4. The van der Waals surface area contributed by atoms with Gasteiger partial charge in [0.1, 0.15) is 5.75 Å². The number of urea groups is 1. The van der Waals surface area contributed by atoms with Crippen molar-refractivity contribution in [3.05, 3.63) is 23.8 Å². The molecular weight excluding hydrogens is 296 g/mol. The fourth-order valence-electron chi connectivity index (χ4n) is 3.91. The molecule has 1 aliphatic carbocycles. The van der Waals surface area contributed by atoms with E-state index in [9.17, 15) is 14.7 Å². The molecule has 0 bridgehead atoms. The largest absolute Gasteiger partial charge is 0.495 e. The number of hydrogen-bond donors (Lipinski definition) is 2. The summed E-state index contributed by atoms with van der Waals surface area (Å²) in [5.74, 6) is -0.120. The smallest absolute Gasteiger partial charge is 0.321 e. The number of nitrogens with zero attached hydrogens (tertiary/aromatic N) is 1. The molecule has 0 spiro atoms. The highest BCUT2D eigenvalue weighted by atomic mass is 16.5. The molecule has 1 aliphatic heterocycles. The van der Waals surface area contributed by atoms with Crippen molar-refractivity contribution in [2.24, 2.45) is 11.3 Å². The third kappa shape index (κ3) is 2.62. The highest BCUT2D eigenvalue weighted by Crippen LogP contribution is 2.49. The van der Waals surface area contributed by atoms with Crippen LogP contribution < -0.4 is 10.1 Å². The van der Waals surface area contributed by atoms with Crippen molar-refractivity contribution in [3.8, 4) is 5.75 Å². The average molecular weight is 318 g/mol. The van der Waals surface area contributed by atoms with E-state index < -0.39 is 11.4 Å². The first-order chi connectivity index (χ1) is 11.0. The fraction of sp³-hybridized carbons (Fsp3) is 0.529. The fourth-order valence-corrected chi connectivity index (χ4v) is 3.91. The van der Waals surface area contributed by atoms with Crippen molar-refractivity contribution in [1.29, 1.82) is 0 Å². The van der Waals surface area contributed by atoms with Gasteiger partial charge in [0.2, 0.25) is 0 Å². The van der Waals surface area contributed by atoms with Crippen LogP contribution in [0.15, 0.2) is 18.2 Å². The second-order valence-electron chi connectivity index (χ2n) is 6.56. The summed E-state index contributed by atoms with van der Waals surface area (Å²) in [6, 6.07) is 5.31. The van der Waals surface area contributed by atoms with Crippen LogP contribution >= 0.6 is 0 Å². The van der Waals surface area contributed by atoms with Crippen LogP contribution in [0, 0.1) is 18.3 Å².